The van der Waals surface area contributed by atoms with E-state index in [1.54, 1.807) is 18.7 Å². The minimum Gasteiger partial charge on any atom is -0.389 e. The van der Waals surface area contributed by atoms with Crippen LogP contribution in [-0.2, 0) is 0 Å². The number of aromatic nitrogens is 3. The number of anilines is 1. The molecule has 5 nitrogen and oxygen atoms in total. The molecule has 0 fully saturated rings. The summed E-state index contributed by atoms with van der Waals surface area (Å²) in [6.07, 6.45) is 0. The Bertz CT molecular complexity index is 346. The predicted molar refractivity (Wildman–Crippen MR) is 58.9 cm³/mol. The quantitative estimate of drug-likeness (QED) is 0.795. The van der Waals surface area contributed by atoms with Crippen molar-refractivity contribution in [2.24, 2.45) is 0 Å². The summed E-state index contributed by atoms with van der Waals surface area (Å²) in [5.74, 6) is 0.542. The van der Waals surface area contributed by atoms with Crippen molar-refractivity contribution < 1.29 is 5.11 Å². The summed E-state index contributed by atoms with van der Waals surface area (Å²) in [7, 11) is 1.84. The lowest BCUT2D eigenvalue weighted by Gasteiger charge is -2.25. The molecule has 0 atom stereocenters. The topological polar surface area (TPSA) is 62.1 Å². The average molecular weight is 210 g/mol. The Morgan fingerprint density at radius 2 is 1.80 bits per heavy atom. The molecule has 1 aromatic heterocycles. The molecule has 1 rings (SSSR count). The highest BCUT2D eigenvalue weighted by Crippen LogP contribution is 2.10. The Labute approximate surface area is 90.2 Å². The molecule has 0 spiro atoms. The molecule has 0 saturated heterocycles. The van der Waals surface area contributed by atoms with Crippen molar-refractivity contribution >= 4 is 5.95 Å². The van der Waals surface area contributed by atoms with Gasteiger partial charge < -0.3 is 10.0 Å². The van der Waals surface area contributed by atoms with Gasteiger partial charge in [0.1, 0.15) is 0 Å². The van der Waals surface area contributed by atoms with Crippen molar-refractivity contribution in [3.63, 3.8) is 0 Å². The third-order valence-corrected chi connectivity index (χ3v) is 2.05. The van der Waals surface area contributed by atoms with Crippen LogP contribution in [0.5, 0.6) is 0 Å². The fraction of sp³-hybridized carbons (Fsp3) is 0.700. The van der Waals surface area contributed by atoms with Gasteiger partial charge in [0.05, 0.1) is 17.0 Å². The third kappa shape index (κ3) is 3.43. The van der Waals surface area contributed by atoms with Crippen molar-refractivity contribution in [1.82, 2.24) is 15.2 Å². The van der Waals surface area contributed by atoms with Crippen LogP contribution >= 0.6 is 0 Å². The van der Waals surface area contributed by atoms with Crippen LogP contribution in [-0.4, -0.2) is 39.5 Å². The van der Waals surface area contributed by atoms with Crippen LogP contribution in [0.3, 0.4) is 0 Å². The average Bonchev–Trinajstić information content (AvgIpc) is 2.06. The highest BCUT2D eigenvalue weighted by Gasteiger charge is 2.17. The summed E-state index contributed by atoms with van der Waals surface area (Å²) in [4.78, 5) is 6.09. The lowest BCUT2D eigenvalue weighted by molar-refractivity contribution is 0.0882. The Morgan fingerprint density at radius 1 is 1.20 bits per heavy atom. The number of nitrogens with zero attached hydrogens (tertiary/aromatic N) is 4. The lowest BCUT2D eigenvalue weighted by atomic mass is 10.1. The van der Waals surface area contributed by atoms with Crippen molar-refractivity contribution in [3.05, 3.63) is 11.4 Å². The van der Waals surface area contributed by atoms with Crippen molar-refractivity contribution in [1.29, 1.82) is 0 Å². The van der Waals surface area contributed by atoms with Crippen LogP contribution in [0.25, 0.3) is 0 Å². The maximum Gasteiger partial charge on any atom is 0.245 e. The van der Waals surface area contributed by atoms with Crippen LogP contribution in [0.15, 0.2) is 0 Å². The van der Waals surface area contributed by atoms with Crippen molar-refractivity contribution in [3.8, 4) is 0 Å². The van der Waals surface area contributed by atoms with Gasteiger partial charge in [-0.3, -0.25) is 0 Å². The zero-order valence-corrected chi connectivity index (χ0v) is 9.94. The van der Waals surface area contributed by atoms with E-state index in [1.807, 2.05) is 20.9 Å². The molecule has 1 aromatic rings. The molecular weight excluding hydrogens is 192 g/mol. The summed E-state index contributed by atoms with van der Waals surface area (Å²) in [5.41, 5.74) is 0.926. The van der Waals surface area contributed by atoms with E-state index in [4.69, 9.17) is 0 Å². The van der Waals surface area contributed by atoms with Gasteiger partial charge in [0, 0.05) is 13.6 Å². The number of aliphatic hydroxyl groups is 1. The Morgan fingerprint density at radius 3 is 2.27 bits per heavy atom. The van der Waals surface area contributed by atoms with Crippen LogP contribution < -0.4 is 4.90 Å². The fourth-order valence-corrected chi connectivity index (χ4v) is 1.26. The molecule has 0 aliphatic carbocycles. The highest BCUT2D eigenvalue weighted by molar-refractivity contribution is 5.28. The van der Waals surface area contributed by atoms with Gasteiger partial charge in [-0.15, -0.1) is 5.10 Å². The first kappa shape index (κ1) is 11.8. The molecule has 84 valence electrons. The molecule has 0 aromatic carbocycles. The van der Waals surface area contributed by atoms with E-state index in [0.29, 0.717) is 12.5 Å². The number of hydrogen-bond donors (Lipinski definition) is 1. The monoisotopic (exact) mass is 210 g/mol. The SMILES string of the molecule is Cc1nnc(N(C)CC(C)(C)O)nc1C. The number of aryl methyl sites for hydroxylation is 2. The molecule has 1 N–H and O–H groups in total. The first-order chi connectivity index (χ1) is 6.79. The standard InChI is InChI=1S/C10H18N4O/c1-7-8(2)12-13-9(11-7)14(5)6-10(3,4)15/h15H,6H2,1-5H3. The van der Waals surface area contributed by atoms with Gasteiger partial charge in [-0.25, -0.2) is 4.98 Å². The third-order valence-electron chi connectivity index (χ3n) is 2.05. The molecular formula is C10H18N4O. The highest BCUT2D eigenvalue weighted by atomic mass is 16.3. The molecule has 0 saturated carbocycles. The lowest BCUT2D eigenvalue weighted by Crippen LogP contribution is -2.37. The van der Waals surface area contributed by atoms with E-state index in [-0.39, 0.29) is 0 Å². The molecule has 0 radical (unpaired) electrons. The van der Waals surface area contributed by atoms with Gasteiger partial charge in [0.2, 0.25) is 5.95 Å². The molecule has 5 heteroatoms. The second-order valence-electron chi connectivity index (χ2n) is 4.45. The number of likely N-dealkylation sites (N-methyl/N-ethyl adjacent to an activating group) is 1. The number of rotatable bonds is 3. The summed E-state index contributed by atoms with van der Waals surface area (Å²) in [6, 6.07) is 0. The predicted octanol–water partition coefficient (Wildman–Crippen LogP) is 0.696. The van der Waals surface area contributed by atoms with Crippen LogP contribution in [0, 0.1) is 13.8 Å². The zero-order chi connectivity index (χ0) is 11.6. The largest absolute Gasteiger partial charge is 0.389 e. The van der Waals surface area contributed by atoms with E-state index in [0.717, 1.165) is 11.4 Å². The Kier molecular flexibility index (Phi) is 3.24. The van der Waals surface area contributed by atoms with Crippen molar-refractivity contribution in [2.75, 3.05) is 18.5 Å². The van der Waals surface area contributed by atoms with E-state index in [2.05, 4.69) is 15.2 Å². The van der Waals surface area contributed by atoms with E-state index in [9.17, 15) is 5.11 Å². The maximum absolute atomic E-state index is 9.66. The minimum atomic E-state index is -0.767. The van der Waals surface area contributed by atoms with Gasteiger partial charge in [-0.1, -0.05) is 0 Å². The van der Waals surface area contributed by atoms with E-state index in [1.165, 1.54) is 0 Å². The fourth-order valence-electron chi connectivity index (χ4n) is 1.26. The van der Waals surface area contributed by atoms with Crippen LogP contribution in [0.2, 0.25) is 0 Å². The molecule has 0 aliphatic rings. The summed E-state index contributed by atoms with van der Waals surface area (Å²) < 4.78 is 0. The normalized spacial score (nSPS) is 11.6. The smallest absolute Gasteiger partial charge is 0.245 e. The van der Waals surface area contributed by atoms with E-state index >= 15 is 0 Å². The Hall–Kier alpha value is -1.23. The molecule has 0 bridgehead atoms. The second-order valence-corrected chi connectivity index (χ2v) is 4.45. The van der Waals surface area contributed by atoms with Gasteiger partial charge >= 0.3 is 0 Å². The molecule has 0 amide bonds. The van der Waals surface area contributed by atoms with Gasteiger partial charge in [0.25, 0.3) is 0 Å². The van der Waals surface area contributed by atoms with Crippen molar-refractivity contribution in [2.45, 2.75) is 33.3 Å². The second kappa shape index (κ2) is 4.10. The van der Waals surface area contributed by atoms with Crippen LogP contribution in [0.4, 0.5) is 5.95 Å². The summed E-state index contributed by atoms with van der Waals surface area (Å²) >= 11 is 0. The first-order valence-electron chi connectivity index (χ1n) is 4.91. The molecule has 0 aliphatic heterocycles. The molecule has 15 heavy (non-hydrogen) atoms. The number of hydrogen-bond acceptors (Lipinski definition) is 5. The Balaban J connectivity index is 2.83. The minimum absolute atomic E-state index is 0.469. The van der Waals surface area contributed by atoms with Crippen LogP contribution in [0.1, 0.15) is 25.2 Å². The maximum atomic E-state index is 9.66. The van der Waals surface area contributed by atoms with Gasteiger partial charge in [-0.2, -0.15) is 5.10 Å². The molecule has 0 unspecified atom stereocenters. The first-order valence-corrected chi connectivity index (χ1v) is 4.91. The zero-order valence-electron chi connectivity index (χ0n) is 9.94. The van der Waals surface area contributed by atoms with Gasteiger partial charge in [0.15, 0.2) is 0 Å². The summed E-state index contributed by atoms with van der Waals surface area (Å²) in [6.45, 7) is 7.73. The summed E-state index contributed by atoms with van der Waals surface area (Å²) in [5, 5.41) is 17.6. The van der Waals surface area contributed by atoms with E-state index < -0.39 is 5.60 Å². The van der Waals surface area contributed by atoms with Gasteiger partial charge in [-0.05, 0) is 27.7 Å². The molecule has 1 heterocycles.